The minimum absolute atomic E-state index is 0.00294. The highest BCUT2D eigenvalue weighted by atomic mass is 16.4. The maximum Gasteiger partial charge on any atom is 0.322 e. The molecule has 1 aromatic rings. The second-order valence-electron chi connectivity index (χ2n) is 5.52. The summed E-state index contributed by atoms with van der Waals surface area (Å²) in [5, 5.41) is 13.6. The van der Waals surface area contributed by atoms with E-state index >= 15 is 0 Å². The van der Waals surface area contributed by atoms with Crippen LogP contribution in [0.5, 0.6) is 0 Å². The molecule has 0 aromatic heterocycles. The number of anilines is 1. The van der Waals surface area contributed by atoms with Gasteiger partial charge in [0.15, 0.2) is 0 Å². The Hall–Kier alpha value is -2.37. The van der Waals surface area contributed by atoms with Gasteiger partial charge in [-0.1, -0.05) is 13.3 Å². The molecule has 1 aliphatic rings. The van der Waals surface area contributed by atoms with Gasteiger partial charge in [0.2, 0.25) is 5.91 Å². The number of benzene rings is 1. The van der Waals surface area contributed by atoms with Crippen LogP contribution in [0.1, 0.15) is 36.5 Å². The molecule has 0 atom stereocenters. The van der Waals surface area contributed by atoms with Crippen molar-refractivity contribution in [2.45, 2.75) is 26.2 Å². The molecular formula is C15H18N2O4. The van der Waals surface area contributed by atoms with Crippen molar-refractivity contribution in [2.75, 3.05) is 11.9 Å². The van der Waals surface area contributed by atoms with E-state index in [1.54, 1.807) is 24.3 Å². The van der Waals surface area contributed by atoms with Gasteiger partial charge >= 0.3 is 5.97 Å². The summed E-state index contributed by atoms with van der Waals surface area (Å²) in [6.45, 7) is 1.52. The quantitative estimate of drug-likeness (QED) is 0.768. The second kappa shape index (κ2) is 5.95. The summed E-state index contributed by atoms with van der Waals surface area (Å²) in [5.41, 5.74) is 0.698. The molecule has 1 fully saturated rings. The van der Waals surface area contributed by atoms with E-state index in [1.165, 1.54) is 0 Å². The largest absolute Gasteiger partial charge is 0.480 e. The van der Waals surface area contributed by atoms with E-state index in [2.05, 4.69) is 10.6 Å². The third-order valence-electron chi connectivity index (χ3n) is 3.81. The Kier molecular flexibility index (Phi) is 4.26. The Balaban J connectivity index is 1.94. The molecule has 0 radical (unpaired) electrons. The topological polar surface area (TPSA) is 95.5 Å². The molecule has 0 unspecified atom stereocenters. The number of carbonyl (C=O) groups is 3. The highest BCUT2D eigenvalue weighted by Gasteiger charge is 2.39. The van der Waals surface area contributed by atoms with Gasteiger partial charge in [-0.25, -0.2) is 0 Å². The molecule has 21 heavy (non-hydrogen) atoms. The maximum atomic E-state index is 12.1. The number of rotatable bonds is 5. The van der Waals surface area contributed by atoms with Crippen molar-refractivity contribution in [2.24, 2.45) is 5.41 Å². The summed E-state index contributed by atoms with van der Waals surface area (Å²) < 4.78 is 0. The number of nitrogens with one attached hydrogen (secondary N) is 2. The number of amides is 2. The molecule has 112 valence electrons. The van der Waals surface area contributed by atoms with Crippen LogP contribution in [-0.2, 0) is 9.59 Å². The van der Waals surface area contributed by atoms with Crippen molar-refractivity contribution in [3.8, 4) is 0 Å². The van der Waals surface area contributed by atoms with Crippen LogP contribution in [-0.4, -0.2) is 29.4 Å². The number of aliphatic carboxylic acids is 1. The van der Waals surface area contributed by atoms with Gasteiger partial charge < -0.3 is 15.7 Å². The van der Waals surface area contributed by atoms with Crippen LogP contribution >= 0.6 is 0 Å². The van der Waals surface area contributed by atoms with Crippen molar-refractivity contribution < 1.29 is 19.5 Å². The van der Waals surface area contributed by atoms with Gasteiger partial charge in [-0.3, -0.25) is 14.4 Å². The fraction of sp³-hybridized carbons (Fsp3) is 0.400. The van der Waals surface area contributed by atoms with Gasteiger partial charge in [0.05, 0.1) is 0 Å². The Bertz CT molecular complexity index is 562. The fourth-order valence-corrected chi connectivity index (χ4v) is 2.18. The van der Waals surface area contributed by atoms with Gasteiger partial charge in [-0.2, -0.15) is 0 Å². The molecular weight excluding hydrogens is 272 g/mol. The first kappa shape index (κ1) is 15.0. The summed E-state index contributed by atoms with van der Waals surface area (Å²) in [4.78, 5) is 34.1. The first-order valence-electron chi connectivity index (χ1n) is 6.82. The van der Waals surface area contributed by atoms with Crippen LogP contribution in [0.4, 0.5) is 5.69 Å². The van der Waals surface area contributed by atoms with Crippen molar-refractivity contribution in [3.63, 3.8) is 0 Å². The normalized spacial score (nSPS) is 15.7. The maximum absolute atomic E-state index is 12.1. The highest BCUT2D eigenvalue weighted by molar-refractivity contribution is 5.98. The number of carboxylic acid groups (broad SMARTS) is 1. The second-order valence-corrected chi connectivity index (χ2v) is 5.52. The van der Waals surface area contributed by atoms with Gasteiger partial charge in [0, 0.05) is 16.7 Å². The molecule has 0 heterocycles. The molecule has 0 spiro atoms. The summed E-state index contributed by atoms with van der Waals surface area (Å²) >= 11 is 0. The summed E-state index contributed by atoms with van der Waals surface area (Å²) in [5.74, 6) is -1.56. The Morgan fingerprint density at radius 2 is 1.81 bits per heavy atom. The van der Waals surface area contributed by atoms with E-state index in [0.29, 0.717) is 11.3 Å². The number of hydrogen-bond acceptors (Lipinski definition) is 3. The lowest BCUT2D eigenvalue weighted by Crippen LogP contribution is -2.39. The van der Waals surface area contributed by atoms with Crippen molar-refractivity contribution in [1.29, 1.82) is 0 Å². The monoisotopic (exact) mass is 290 g/mol. The lowest BCUT2D eigenvalue weighted by molar-refractivity contribution is -0.135. The fourth-order valence-electron chi connectivity index (χ4n) is 2.18. The standard InChI is InChI=1S/C15H18N2O4/c1-15(7-2-8-15)14(21)17-11-5-3-10(4-6-11)13(20)16-9-12(18)19/h3-6H,2,7-9H2,1H3,(H,16,20)(H,17,21)(H,18,19). The summed E-state index contributed by atoms with van der Waals surface area (Å²) in [6, 6.07) is 6.37. The molecule has 3 N–H and O–H groups in total. The predicted molar refractivity (Wildman–Crippen MR) is 77.0 cm³/mol. The van der Waals surface area contributed by atoms with Gasteiger partial charge in [0.1, 0.15) is 6.54 Å². The van der Waals surface area contributed by atoms with Crippen LogP contribution in [0, 0.1) is 5.41 Å². The Labute approximate surface area is 122 Å². The van der Waals surface area contributed by atoms with E-state index in [9.17, 15) is 14.4 Å². The van der Waals surface area contributed by atoms with Crippen molar-refractivity contribution in [1.82, 2.24) is 5.32 Å². The van der Waals surface area contributed by atoms with Gasteiger partial charge in [0.25, 0.3) is 5.91 Å². The summed E-state index contributed by atoms with van der Waals surface area (Å²) in [7, 11) is 0. The molecule has 6 heteroatoms. The Morgan fingerprint density at radius 3 is 2.29 bits per heavy atom. The number of carbonyl (C=O) groups excluding carboxylic acids is 2. The first-order valence-corrected chi connectivity index (χ1v) is 6.82. The van der Waals surface area contributed by atoms with Gasteiger partial charge in [-0.05, 0) is 37.1 Å². The molecule has 1 aromatic carbocycles. The average molecular weight is 290 g/mol. The zero-order valence-electron chi connectivity index (χ0n) is 11.8. The van der Waals surface area contributed by atoms with E-state index < -0.39 is 18.4 Å². The third kappa shape index (κ3) is 3.59. The van der Waals surface area contributed by atoms with Crippen LogP contribution in [0.3, 0.4) is 0 Å². The van der Waals surface area contributed by atoms with E-state index in [0.717, 1.165) is 19.3 Å². The third-order valence-corrected chi connectivity index (χ3v) is 3.81. The van der Waals surface area contributed by atoms with Gasteiger partial charge in [-0.15, -0.1) is 0 Å². The molecule has 1 saturated carbocycles. The van der Waals surface area contributed by atoms with Crippen molar-refractivity contribution >= 4 is 23.5 Å². The number of carboxylic acids is 1. The SMILES string of the molecule is CC1(C(=O)Nc2ccc(C(=O)NCC(=O)O)cc2)CCC1. The average Bonchev–Trinajstić information content (AvgIpc) is 2.42. The van der Waals surface area contributed by atoms with Crippen molar-refractivity contribution in [3.05, 3.63) is 29.8 Å². The van der Waals surface area contributed by atoms with E-state index in [1.807, 2.05) is 6.92 Å². The lowest BCUT2D eigenvalue weighted by Gasteiger charge is -2.36. The van der Waals surface area contributed by atoms with Crippen LogP contribution in [0.15, 0.2) is 24.3 Å². The predicted octanol–water partition coefficient (Wildman–Crippen LogP) is 1.63. The molecule has 2 rings (SSSR count). The first-order chi connectivity index (χ1) is 9.90. The van der Waals surface area contributed by atoms with Crippen LogP contribution < -0.4 is 10.6 Å². The smallest absolute Gasteiger partial charge is 0.322 e. The summed E-state index contributed by atoms with van der Waals surface area (Å²) in [6.07, 6.45) is 2.87. The molecule has 0 aliphatic heterocycles. The zero-order chi connectivity index (χ0) is 15.5. The zero-order valence-corrected chi connectivity index (χ0v) is 11.8. The Morgan fingerprint density at radius 1 is 1.19 bits per heavy atom. The van der Waals surface area contributed by atoms with Crippen LogP contribution in [0.2, 0.25) is 0 Å². The minimum atomic E-state index is -1.10. The highest BCUT2D eigenvalue weighted by Crippen LogP contribution is 2.41. The van der Waals surface area contributed by atoms with Crippen LogP contribution in [0.25, 0.3) is 0 Å². The molecule has 0 bridgehead atoms. The number of hydrogen-bond donors (Lipinski definition) is 3. The molecule has 0 saturated heterocycles. The lowest BCUT2D eigenvalue weighted by atomic mass is 9.70. The molecule has 2 amide bonds. The van der Waals surface area contributed by atoms with E-state index in [-0.39, 0.29) is 11.3 Å². The van der Waals surface area contributed by atoms with E-state index in [4.69, 9.17) is 5.11 Å². The molecule has 6 nitrogen and oxygen atoms in total. The molecule has 1 aliphatic carbocycles. The minimum Gasteiger partial charge on any atom is -0.480 e.